The van der Waals surface area contributed by atoms with Gasteiger partial charge in [-0.25, -0.2) is 13.5 Å². The summed E-state index contributed by atoms with van der Waals surface area (Å²) in [6, 6.07) is 3.27. The molecule has 20 heavy (non-hydrogen) atoms. The highest BCUT2D eigenvalue weighted by atomic mass is 19.1. The molecular formula is C13H12F2N2O3. The number of rotatable bonds is 4. The minimum Gasteiger partial charge on any atom is -0.466 e. The zero-order valence-corrected chi connectivity index (χ0v) is 10.7. The van der Waals surface area contributed by atoms with E-state index in [-0.39, 0.29) is 18.6 Å². The summed E-state index contributed by atoms with van der Waals surface area (Å²) < 4.78 is 32.6. The summed E-state index contributed by atoms with van der Waals surface area (Å²) in [5.74, 6) is -2.34. The van der Waals surface area contributed by atoms with E-state index in [1.54, 1.807) is 6.92 Å². The molecule has 2 rings (SSSR count). The van der Waals surface area contributed by atoms with Gasteiger partial charge < -0.3 is 4.74 Å². The average molecular weight is 282 g/mol. The molecule has 0 unspecified atom stereocenters. The van der Waals surface area contributed by atoms with Gasteiger partial charge in [-0.3, -0.25) is 14.7 Å². The normalized spacial score (nSPS) is 10.6. The molecule has 1 aromatic carbocycles. The monoisotopic (exact) mass is 282 g/mol. The first kappa shape index (κ1) is 14.0. The van der Waals surface area contributed by atoms with E-state index in [2.05, 4.69) is 5.10 Å². The molecule has 7 heteroatoms. The minimum atomic E-state index is -0.878. The Morgan fingerprint density at radius 1 is 1.35 bits per heavy atom. The van der Waals surface area contributed by atoms with E-state index in [0.29, 0.717) is 0 Å². The zero-order chi connectivity index (χ0) is 14.7. The van der Waals surface area contributed by atoms with Crippen LogP contribution in [0.2, 0.25) is 0 Å². The van der Waals surface area contributed by atoms with Crippen molar-refractivity contribution in [3.63, 3.8) is 0 Å². The topological polar surface area (TPSA) is 64.1 Å². The second kappa shape index (κ2) is 5.68. The van der Waals surface area contributed by atoms with E-state index in [0.717, 1.165) is 16.8 Å². The van der Waals surface area contributed by atoms with Gasteiger partial charge in [-0.15, -0.1) is 0 Å². The van der Waals surface area contributed by atoms with Gasteiger partial charge in [-0.05, 0) is 19.1 Å². The molecule has 0 aliphatic carbocycles. The van der Waals surface area contributed by atoms with Crippen molar-refractivity contribution in [2.75, 3.05) is 6.61 Å². The number of nitrogens with zero attached hydrogens (tertiary/aromatic N) is 1. The third-order valence-electron chi connectivity index (χ3n) is 2.65. The van der Waals surface area contributed by atoms with Crippen LogP contribution in [-0.2, 0) is 16.0 Å². The van der Waals surface area contributed by atoms with Gasteiger partial charge in [-0.1, -0.05) is 6.07 Å². The molecule has 5 nitrogen and oxygen atoms in total. The molecule has 0 fully saturated rings. The maximum absolute atomic E-state index is 13.6. The van der Waals surface area contributed by atoms with Crippen molar-refractivity contribution in [3.05, 3.63) is 51.9 Å². The number of benzene rings is 1. The Kier molecular flexibility index (Phi) is 3.97. The minimum absolute atomic E-state index is 0.0751. The Labute approximate surface area is 112 Å². The summed E-state index contributed by atoms with van der Waals surface area (Å²) in [7, 11) is 0. The lowest BCUT2D eigenvalue weighted by atomic mass is 10.2. The molecule has 1 N–H and O–H groups in total. The number of aromatic amines is 1. The second-order valence-electron chi connectivity index (χ2n) is 3.99. The molecule has 0 radical (unpaired) electrons. The summed E-state index contributed by atoms with van der Waals surface area (Å²) in [5, 5.41) is 2.44. The number of carbonyl (C=O) groups excluding carboxylic acids is 1. The number of ether oxygens (including phenoxy) is 1. The molecule has 0 saturated carbocycles. The molecule has 0 bridgehead atoms. The van der Waals surface area contributed by atoms with Crippen LogP contribution in [0, 0.1) is 11.6 Å². The van der Waals surface area contributed by atoms with Crippen LogP contribution in [0.1, 0.15) is 12.5 Å². The Bertz CT molecular complexity index is 671. The Balaban J connectivity index is 2.39. The van der Waals surface area contributed by atoms with E-state index in [1.807, 2.05) is 0 Å². The average Bonchev–Trinajstić information content (AvgIpc) is 2.72. The number of carbonyl (C=O) groups is 1. The SMILES string of the molecule is CCOC(=O)Cc1c[nH]n(-c2c(F)cccc2F)c1=O. The Morgan fingerprint density at radius 3 is 2.60 bits per heavy atom. The van der Waals surface area contributed by atoms with E-state index in [9.17, 15) is 18.4 Å². The van der Waals surface area contributed by atoms with Crippen LogP contribution in [0.25, 0.3) is 5.69 Å². The summed E-state index contributed by atoms with van der Waals surface area (Å²) >= 11 is 0. The largest absolute Gasteiger partial charge is 0.466 e. The maximum atomic E-state index is 13.6. The van der Waals surface area contributed by atoms with E-state index in [4.69, 9.17) is 4.74 Å². The number of esters is 1. The van der Waals surface area contributed by atoms with Crippen molar-refractivity contribution in [2.45, 2.75) is 13.3 Å². The van der Waals surface area contributed by atoms with Crippen LogP contribution in [0.5, 0.6) is 0 Å². The molecule has 0 atom stereocenters. The highest BCUT2D eigenvalue weighted by molar-refractivity contribution is 5.72. The smallest absolute Gasteiger partial charge is 0.310 e. The number of aromatic nitrogens is 2. The fraction of sp³-hybridized carbons (Fsp3) is 0.231. The predicted molar refractivity (Wildman–Crippen MR) is 66.6 cm³/mol. The third kappa shape index (κ3) is 2.61. The number of hydrogen-bond acceptors (Lipinski definition) is 3. The van der Waals surface area contributed by atoms with Crippen molar-refractivity contribution in [1.82, 2.24) is 9.78 Å². The van der Waals surface area contributed by atoms with E-state index in [1.165, 1.54) is 12.3 Å². The summed E-state index contributed by atoms with van der Waals surface area (Å²) in [4.78, 5) is 23.3. The van der Waals surface area contributed by atoms with E-state index < -0.39 is 28.9 Å². The highest BCUT2D eigenvalue weighted by Gasteiger charge is 2.17. The second-order valence-corrected chi connectivity index (χ2v) is 3.99. The van der Waals surface area contributed by atoms with E-state index >= 15 is 0 Å². The molecule has 0 spiro atoms. The van der Waals surface area contributed by atoms with Gasteiger partial charge in [0.2, 0.25) is 0 Å². The molecule has 1 aromatic heterocycles. The quantitative estimate of drug-likeness (QED) is 0.865. The van der Waals surface area contributed by atoms with Crippen molar-refractivity contribution in [2.24, 2.45) is 0 Å². The van der Waals surface area contributed by atoms with Crippen molar-refractivity contribution < 1.29 is 18.3 Å². The first-order valence-corrected chi connectivity index (χ1v) is 5.94. The standard InChI is InChI=1S/C13H12F2N2O3/c1-2-20-11(18)6-8-7-16-17(13(8)19)12-9(14)4-3-5-10(12)15/h3-5,7,16H,2,6H2,1H3. The van der Waals surface area contributed by atoms with Gasteiger partial charge in [0, 0.05) is 11.8 Å². The molecular weight excluding hydrogens is 270 g/mol. The van der Waals surface area contributed by atoms with Gasteiger partial charge in [0.25, 0.3) is 5.56 Å². The van der Waals surface area contributed by atoms with Crippen LogP contribution in [0.4, 0.5) is 8.78 Å². The summed E-state index contributed by atoms with van der Waals surface area (Å²) in [5.41, 5.74) is -1.12. The number of nitrogens with one attached hydrogen (secondary N) is 1. The van der Waals surface area contributed by atoms with Crippen LogP contribution in [0.3, 0.4) is 0 Å². The van der Waals surface area contributed by atoms with Crippen LogP contribution >= 0.6 is 0 Å². The first-order chi connectivity index (χ1) is 9.54. The number of H-pyrrole nitrogens is 1. The molecule has 1 heterocycles. The summed E-state index contributed by atoms with van der Waals surface area (Å²) in [6.07, 6.45) is 0.970. The lowest BCUT2D eigenvalue weighted by Crippen LogP contribution is -2.21. The number of para-hydroxylation sites is 1. The van der Waals surface area contributed by atoms with Gasteiger partial charge in [-0.2, -0.15) is 0 Å². The maximum Gasteiger partial charge on any atom is 0.310 e. The fourth-order valence-electron chi connectivity index (χ4n) is 1.77. The summed E-state index contributed by atoms with van der Waals surface area (Å²) in [6.45, 7) is 1.83. The zero-order valence-electron chi connectivity index (χ0n) is 10.7. The molecule has 2 aromatic rings. The molecule has 0 saturated heterocycles. The van der Waals surface area contributed by atoms with Crippen molar-refractivity contribution in [1.29, 1.82) is 0 Å². The van der Waals surface area contributed by atoms with Gasteiger partial charge in [0.05, 0.1) is 13.0 Å². The number of hydrogen-bond donors (Lipinski definition) is 1. The van der Waals surface area contributed by atoms with Gasteiger partial charge >= 0.3 is 5.97 Å². The molecule has 0 aliphatic rings. The Hall–Kier alpha value is -2.44. The van der Waals surface area contributed by atoms with Gasteiger partial charge in [0.1, 0.15) is 5.69 Å². The Morgan fingerprint density at radius 2 is 2.00 bits per heavy atom. The molecule has 0 amide bonds. The lowest BCUT2D eigenvalue weighted by molar-refractivity contribution is -0.142. The van der Waals surface area contributed by atoms with Gasteiger partial charge in [0.15, 0.2) is 11.6 Å². The lowest BCUT2D eigenvalue weighted by Gasteiger charge is -2.04. The predicted octanol–water partition coefficient (Wildman–Crippen LogP) is 1.55. The van der Waals surface area contributed by atoms with Crippen molar-refractivity contribution in [3.8, 4) is 5.69 Å². The van der Waals surface area contributed by atoms with Crippen molar-refractivity contribution >= 4 is 5.97 Å². The molecule has 0 aliphatic heterocycles. The van der Waals surface area contributed by atoms with Crippen LogP contribution in [0.15, 0.2) is 29.2 Å². The molecule has 106 valence electrons. The third-order valence-corrected chi connectivity index (χ3v) is 2.65. The first-order valence-electron chi connectivity index (χ1n) is 5.94. The number of halogens is 2. The van der Waals surface area contributed by atoms with Crippen LogP contribution < -0.4 is 5.56 Å². The van der Waals surface area contributed by atoms with Crippen LogP contribution in [-0.4, -0.2) is 22.4 Å². The highest BCUT2D eigenvalue weighted by Crippen LogP contribution is 2.15. The fourth-order valence-corrected chi connectivity index (χ4v) is 1.77.